The van der Waals surface area contributed by atoms with Gasteiger partial charge in [-0.15, -0.1) is 0 Å². The SMILES string of the molecule is CC.CC1(C)OB(c2ccc(/C=C/c3ccc([N+](=O)[O-])cc3)cc2)OC1(C)C. The lowest BCUT2D eigenvalue weighted by Gasteiger charge is -2.32. The molecule has 2 aromatic carbocycles. The van der Waals surface area contributed by atoms with Gasteiger partial charge in [0.25, 0.3) is 5.69 Å². The summed E-state index contributed by atoms with van der Waals surface area (Å²) in [5.74, 6) is 0. The molecule has 2 aromatic rings. The summed E-state index contributed by atoms with van der Waals surface area (Å²) in [7, 11) is -0.368. The van der Waals surface area contributed by atoms with Crippen molar-refractivity contribution in [2.75, 3.05) is 0 Å². The number of nitro benzene ring substituents is 1. The van der Waals surface area contributed by atoms with Gasteiger partial charge in [0.2, 0.25) is 0 Å². The molecule has 28 heavy (non-hydrogen) atoms. The van der Waals surface area contributed by atoms with Gasteiger partial charge in [0.1, 0.15) is 0 Å². The molecular formula is C22H28BNO4. The third-order valence-corrected chi connectivity index (χ3v) is 5.03. The van der Waals surface area contributed by atoms with Crippen LogP contribution in [0.25, 0.3) is 12.2 Å². The second kappa shape index (κ2) is 8.71. The highest BCUT2D eigenvalue weighted by Gasteiger charge is 2.51. The molecule has 0 N–H and O–H groups in total. The molecule has 0 bridgehead atoms. The van der Waals surface area contributed by atoms with Crippen molar-refractivity contribution in [1.82, 2.24) is 0 Å². The van der Waals surface area contributed by atoms with Crippen molar-refractivity contribution in [2.24, 2.45) is 0 Å². The van der Waals surface area contributed by atoms with Crippen LogP contribution in [0.4, 0.5) is 5.69 Å². The predicted octanol–water partition coefficient (Wildman–Crippen LogP) is 5.09. The van der Waals surface area contributed by atoms with Gasteiger partial charge in [-0.05, 0) is 56.4 Å². The van der Waals surface area contributed by atoms with Crippen molar-refractivity contribution in [3.63, 3.8) is 0 Å². The van der Waals surface area contributed by atoms with Gasteiger partial charge < -0.3 is 9.31 Å². The van der Waals surface area contributed by atoms with Crippen LogP contribution in [0.2, 0.25) is 0 Å². The van der Waals surface area contributed by atoms with E-state index in [9.17, 15) is 10.1 Å². The molecule has 0 aliphatic carbocycles. The Hall–Kier alpha value is -2.44. The quantitative estimate of drug-likeness (QED) is 0.320. The van der Waals surface area contributed by atoms with Crippen LogP contribution in [0.15, 0.2) is 48.5 Å². The zero-order valence-corrected chi connectivity index (χ0v) is 17.4. The molecule has 148 valence electrons. The second-order valence-corrected chi connectivity index (χ2v) is 7.44. The molecule has 1 saturated heterocycles. The Kier molecular flexibility index (Phi) is 6.80. The van der Waals surface area contributed by atoms with Crippen molar-refractivity contribution in [3.8, 4) is 0 Å². The van der Waals surface area contributed by atoms with Crippen LogP contribution in [0.3, 0.4) is 0 Å². The van der Waals surface area contributed by atoms with E-state index >= 15 is 0 Å². The normalized spacial score (nSPS) is 17.3. The number of hydrogen-bond acceptors (Lipinski definition) is 4. The van der Waals surface area contributed by atoms with Crippen molar-refractivity contribution in [2.45, 2.75) is 52.7 Å². The summed E-state index contributed by atoms with van der Waals surface area (Å²) >= 11 is 0. The average molecular weight is 381 g/mol. The Morgan fingerprint density at radius 2 is 1.21 bits per heavy atom. The van der Waals surface area contributed by atoms with Crippen molar-refractivity contribution in [1.29, 1.82) is 0 Å². The van der Waals surface area contributed by atoms with Gasteiger partial charge in [0, 0.05) is 12.1 Å². The Bertz CT molecular complexity index is 811. The Morgan fingerprint density at radius 3 is 1.61 bits per heavy atom. The topological polar surface area (TPSA) is 61.6 Å². The largest absolute Gasteiger partial charge is 0.494 e. The van der Waals surface area contributed by atoms with Gasteiger partial charge in [-0.2, -0.15) is 0 Å². The van der Waals surface area contributed by atoms with Crippen molar-refractivity contribution in [3.05, 3.63) is 69.8 Å². The van der Waals surface area contributed by atoms with Crippen molar-refractivity contribution >= 4 is 30.4 Å². The first-order valence-electron chi connectivity index (χ1n) is 9.56. The van der Waals surface area contributed by atoms with Crippen LogP contribution >= 0.6 is 0 Å². The lowest BCUT2D eigenvalue weighted by atomic mass is 9.79. The van der Waals surface area contributed by atoms with Crippen LogP contribution < -0.4 is 5.46 Å². The highest BCUT2D eigenvalue weighted by Crippen LogP contribution is 2.36. The molecule has 0 aromatic heterocycles. The molecule has 1 heterocycles. The third kappa shape index (κ3) is 4.88. The highest BCUT2D eigenvalue weighted by atomic mass is 16.7. The van der Waals surface area contributed by atoms with E-state index in [1.165, 1.54) is 12.1 Å². The molecule has 3 rings (SSSR count). The van der Waals surface area contributed by atoms with E-state index in [2.05, 4.69) is 0 Å². The van der Waals surface area contributed by atoms with Gasteiger partial charge in [0.15, 0.2) is 0 Å². The van der Waals surface area contributed by atoms with Gasteiger partial charge in [0.05, 0.1) is 16.1 Å². The van der Waals surface area contributed by atoms with Crippen LogP contribution in [0.5, 0.6) is 0 Å². The molecule has 1 fully saturated rings. The molecule has 6 heteroatoms. The maximum absolute atomic E-state index is 10.7. The molecule has 0 saturated carbocycles. The Morgan fingerprint density at radius 1 is 0.821 bits per heavy atom. The molecule has 1 aliphatic heterocycles. The number of nitro groups is 1. The minimum Gasteiger partial charge on any atom is -0.399 e. The first-order valence-corrected chi connectivity index (χ1v) is 9.56. The van der Waals surface area contributed by atoms with Crippen LogP contribution in [-0.4, -0.2) is 23.2 Å². The minimum absolute atomic E-state index is 0.0916. The first-order chi connectivity index (χ1) is 13.2. The molecule has 0 unspecified atom stereocenters. The van der Waals surface area contributed by atoms with Crippen LogP contribution in [0.1, 0.15) is 52.7 Å². The number of non-ortho nitro benzene ring substituents is 1. The highest BCUT2D eigenvalue weighted by molar-refractivity contribution is 6.62. The monoisotopic (exact) mass is 381 g/mol. The zero-order chi connectivity index (χ0) is 20.9. The summed E-state index contributed by atoms with van der Waals surface area (Å²) in [6, 6.07) is 14.5. The molecule has 0 amide bonds. The summed E-state index contributed by atoms with van der Waals surface area (Å²) in [5, 5.41) is 10.7. The zero-order valence-electron chi connectivity index (χ0n) is 17.4. The molecule has 5 nitrogen and oxygen atoms in total. The molecule has 1 aliphatic rings. The standard InChI is InChI=1S/C20H22BNO4.C2H6/c1-19(2)20(3,4)26-21(25-19)17-11-7-15(8-12-17)5-6-16-9-13-18(14-10-16)22(23)24;1-2/h5-14H,1-4H3;1-2H3/b6-5+;. The van der Waals surface area contributed by atoms with E-state index in [-0.39, 0.29) is 24.0 Å². The number of benzene rings is 2. The fourth-order valence-electron chi connectivity index (χ4n) is 2.64. The summed E-state index contributed by atoms with van der Waals surface area (Å²) in [5.41, 5.74) is 2.30. The summed E-state index contributed by atoms with van der Waals surface area (Å²) in [6.07, 6.45) is 3.89. The molecule has 0 atom stereocenters. The minimum atomic E-state index is -0.401. The van der Waals surface area contributed by atoms with Crippen LogP contribution in [-0.2, 0) is 9.31 Å². The second-order valence-electron chi connectivity index (χ2n) is 7.44. The number of rotatable bonds is 4. The molecular weight excluding hydrogens is 353 g/mol. The number of nitrogens with zero attached hydrogens (tertiary/aromatic N) is 1. The first kappa shape index (κ1) is 21.9. The maximum atomic E-state index is 10.7. The molecule has 0 spiro atoms. The lowest BCUT2D eigenvalue weighted by molar-refractivity contribution is -0.384. The summed E-state index contributed by atoms with van der Waals surface area (Å²) in [4.78, 5) is 10.3. The van der Waals surface area contributed by atoms with Gasteiger partial charge >= 0.3 is 7.12 Å². The lowest BCUT2D eigenvalue weighted by Crippen LogP contribution is -2.41. The maximum Gasteiger partial charge on any atom is 0.494 e. The Labute approximate surface area is 167 Å². The van der Waals surface area contributed by atoms with E-state index < -0.39 is 4.92 Å². The average Bonchev–Trinajstić information content (AvgIpc) is 2.90. The van der Waals surface area contributed by atoms with Gasteiger partial charge in [-0.3, -0.25) is 10.1 Å². The van der Waals surface area contributed by atoms with E-state index in [0.717, 1.165) is 16.6 Å². The Balaban J connectivity index is 0.00000136. The third-order valence-electron chi connectivity index (χ3n) is 5.03. The predicted molar refractivity (Wildman–Crippen MR) is 116 cm³/mol. The summed E-state index contributed by atoms with van der Waals surface area (Å²) < 4.78 is 12.1. The number of hydrogen-bond donors (Lipinski definition) is 0. The van der Waals surface area contributed by atoms with E-state index in [0.29, 0.717) is 0 Å². The van der Waals surface area contributed by atoms with E-state index in [4.69, 9.17) is 9.31 Å². The van der Waals surface area contributed by atoms with E-state index in [1.54, 1.807) is 12.1 Å². The van der Waals surface area contributed by atoms with Crippen molar-refractivity contribution < 1.29 is 14.2 Å². The fourth-order valence-corrected chi connectivity index (χ4v) is 2.64. The fraction of sp³-hybridized carbons (Fsp3) is 0.364. The molecule has 0 radical (unpaired) electrons. The van der Waals surface area contributed by atoms with Gasteiger partial charge in [-0.1, -0.05) is 50.3 Å². The summed E-state index contributed by atoms with van der Waals surface area (Å²) in [6.45, 7) is 12.1. The smallest absolute Gasteiger partial charge is 0.399 e. The van der Waals surface area contributed by atoms with Crippen LogP contribution in [0, 0.1) is 10.1 Å². The van der Waals surface area contributed by atoms with E-state index in [1.807, 2.05) is 78.0 Å². The van der Waals surface area contributed by atoms with Gasteiger partial charge in [-0.25, -0.2) is 0 Å².